The van der Waals surface area contributed by atoms with Crippen molar-refractivity contribution in [1.29, 1.82) is 5.26 Å². The van der Waals surface area contributed by atoms with Crippen molar-refractivity contribution >= 4 is 16.5 Å². The molecule has 1 N–H and O–H groups in total. The number of nitriles is 1. The molecule has 16 heavy (non-hydrogen) atoms. The molecule has 5 heteroatoms. The summed E-state index contributed by atoms with van der Waals surface area (Å²) in [7, 11) is -0.889. The molecule has 86 valence electrons. The van der Waals surface area contributed by atoms with Gasteiger partial charge in [0.25, 0.3) is 0 Å². The van der Waals surface area contributed by atoms with Gasteiger partial charge in [0, 0.05) is 34.5 Å². The minimum Gasteiger partial charge on any atom is -0.382 e. The summed E-state index contributed by atoms with van der Waals surface area (Å²) >= 11 is 0. The Bertz CT molecular complexity index is 442. The molecule has 2 unspecified atom stereocenters. The standard InChI is InChI=1S/C11H13FN2OS/c1-8(7-16(2)15)14-10-4-3-9(6-13)11(12)5-10/h3-5,8,14H,7H2,1-2H3. The predicted octanol–water partition coefficient (Wildman–Crippen LogP) is 1.88. The zero-order valence-corrected chi connectivity index (χ0v) is 9.97. The maximum absolute atomic E-state index is 13.2. The Morgan fingerprint density at radius 1 is 1.62 bits per heavy atom. The number of anilines is 1. The number of hydrogen-bond donors (Lipinski definition) is 1. The minimum absolute atomic E-state index is 0.00170. The first-order chi connectivity index (χ1) is 7.52. The fourth-order valence-corrected chi connectivity index (χ4v) is 2.16. The number of halogens is 1. The Morgan fingerprint density at radius 2 is 2.31 bits per heavy atom. The van der Waals surface area contributed by atoms with Crippen molar-refractivity contribution in [2.24, 2.45) is 0 Å². The summed E-state index contributed by atoms with van der Waals surface area (Å²) in [5.41, 5.74) is 0.617. The van der Waals surface area contributed by atoms with E-state index in [1.165, 1.54) is 12.1 Å². The van der Waals surface area contributed by atoms with Crippen molar-refractivity contribution in [2.75, 3.05) is 17.3 Å². The van der Waals surface area contributed by atoms with Gasteiger partial charge in [-0.15, -0.1) is 0 Å². The lowest BCUT2D eigenvalue weighted by Crippen LogP contribution is -2.22. The van der Waals surface area contributed by atoms with Gasteiger partial charge >= 0.3 is 0 Å². The largest absolute Gasteiger partial charge is 0.382 e. The summed E-state index contributed by atoms with van der Waals surface area (Å²) in [6.07, 6.45) is 1.62. The Labute approximate surface area is 96.7 Å². The molecule has 0 saturated heterocycles. The molecule has 0 amide bonds. The number of nitrogens with zero attached hydrogens (tertiary/aromatic N) is 1. The molecule has 0 aromatic heterocycles. The topological polar surface area (TPSA) is 52.9 Å². The maximum Gasteiger partial charge on any atom is 0.143 e. The molecule has 0 bridgehead atoms. The van der Waals surface area contributed by atoms with Crippen LogP contribution in [0.25, 0.3) is 0 Å². The van der Waals surface area contributed by atoms with E-state index in [1.54, 1.807) is 18.4 Å². The van der Waals surface area contributed by atoms with Crippen molar-refractivity contribution < 1.29 is 8.60 Å². The van der Waals surface area contributed by atoms with Crippen LogP contribution in [-0.2, 0) is 10.8 Å². The highest BCUT2D eigenvalue weighted by Gasteiger charge is 2.06. The molecule has 0 fully saturated rings. The summed E-state index contributed by atoms with van der Waals surface area (Å²) in [4.78, 5) is 0. The monoisotopic (exact) mass is 240 g/mol. The maximum atomic E-state index is 13.2. The van der Waals surface area contributed by atoms with Gasteiger partial charge in [0.15, 0.2) is 0 Å². The van der Waals surface area contributed by atoms with E-state index < -0.39 is 16.6 Å². The van der Waals surface area contributed by atoms with E-state index in [1.807, 2.05) is 6.92 Å². The molecular weight excluding hydrogens is 227 g/mol. The summed E-state index contributed by atoms with van der Waals surface area (Å²) in [6, 6.07) is 6.09. The highest BCUT2D eigenvalue weighted by atomic mass is 32.2. The normalized spacial score (nSPS) is 13.9. The predicted molar refractivity (Wildman–Crippen MR) is 63.1 cm³/mol. The molecule has 0 aliphatic carbocycles. The average molecular weight is 240 g/mol. The first kappa shape index (κ1) is 12.7. The van der Waals surface area contributed by atoms with E-state index in [4.69, 9.17) is 5.26 Å². The second-order valence-electron chi connectivity index (χ2n) is 3.59. The zero-order chi connectivity index (χ0) is 12.1. The Morgan fingerprint density at radius 3 is 2.81 bits per heavy atom. The van der Waals surface area contributed by atoms with Crippen LogP contribution < -0.4 is 5.32 Å². The third kappa shape index (κ3) is 3.63. The van der Waals surface area contributed by atoms with Crippen LogP contribution in [0.3, 0.4) is 0 Å². The fraction of sp³-hybridized carbons (Fsp3) is 0.364. The third-order valence-corrected chi connectivity index (χ3v) is 2.96. The van der Waals surface area contributed by atoms with Gasteiger partial charge in [0.2, 0.25) is 0 Å². The first-order valence-electron chi connectivity index (χ1n) is 4.79. The molecular formula is C11H13FN2OS. The Balaban J connectivity index is 2.72. The summed E-state index contributed by atoms with van der Waals surface area (Å²) in [5.74, 6) is -0.0425. The van der Waals surface area contributed by atoms with E-state index >= 15 is 0 Å². The van der Waals surface area contributed by atoms with Gasteiger partial charge in [-0.05, 0) is 25.1 Å². The molecule has 1 rings (SSSR count). The summed E-state index contributed by atoms with van der Waals surface area (Å²) < 4.78 is 24.2. The highest BCUT2D eigenvalue weighted by molar-refractivity contribution is 7.84. The van der Waals surface area contributed by atoms with Crippen molar-refractivity contribution in [1.82, 2.24) is 0 Å². The van der Waals surface area contributed by atoms with Crippen LogP contribution in [0.2, 0.25) is 0 Å². The average Bonchev–Trinajstić information content (AvgIpc) is 2.16. The smallest absolute Gasteiger partial charge is 0.143 e. The van der Waals surface area contributed by atoms with Crippen LogP contribution in [0, 0.1) is 17.1 Å². The fourth-order valence-electron chi connectivity index (χ4n) is 1.37. The molecule has 2 atom stereocenters. The van der Waals surface area contributed by atoms with Crippen LogP contribution in [0.1, 0.15) is 12.5 Å². The van der Waals surface area contributed by atoms with E-state index in [0.717, 1.165) is 0 Å². The SMILES string of the molecule is CC(CS(C)=O)Nc1ccc(C#N)c(F)c1. The molecule has 0 spiro atoms. The number of rotatable bonds is 4. The molecule has 0 saturated carbocycles. The molecule has 1 aromatic carbocycles. The van der Waals surface area contributed by atoms with Crippen molar-refractivity contribution in [3.63, 3.8) is 0 Å². The molecule has 0 aliphatic rings. The molecule has 0 heterocycles. The second kappa shape index (κ2) is 5.61. The lowest BCUT2D eigenvalue weighted by Gasteiger charge is -2.13. The Kier molecular flexibility index (Phi) is 4.44. The van der Waals surface area contributed by atoms with Gasteiger partial charge in [-0.25, -0.2) is 4.39 Å². The van der Waals surface area contributed by atoms with E-state index in [-0.39, 0.29) is 11.6 Å². The molecule has 0 radical (unpaired) electrons. The van der Waals surface area contributed by atoms with Gasteiger partial charge in [-0.1, -0.05) is 0 Å². The van der Waals surface area contributed by atoms with Crippen LogP contribution in [0.5, 0.6) is 0 Å². The van der Waals surface area contributed by atoms with Crippen LogP contribution >= 0.6 is 0 Å². The second-order valence-corrected chi connectivity index (χ2v) is 5.07. The molecule has 0 aliphatic heterocycles. The van der Waals surface area contributed by atoms with Gasteiger partial charge in [-0.3, -0.25) is 4.21 Å². The van der Waals surface area contributed by atoms with Gasteiger partial charge in [0.05, 0.1) is 5.56 Å². The van der Waals surface area contributed by atoms with Gasteiger partial charge in [-0.2, -0.15) is 5.26 Å². The quantitative estimate of drug-likeness (QED) is 0.874. The lowest BCUT2D eigenvalue weighted by atomic mass is 10.2. The van der Waals surface area contributed by atoms with Crippen LogP contribution in [0.4, 0.5) is 10.1 Å². The minimum atomic E-state index is -0.889. The van der Waals surface area contributed by atoms with Crippen molar-refractivity contribution in [3.8, 4) is 6.07 Å². The lowest BCUT2D eigenvalue weighted by molar-refractivity contribution is 0.624. The zero-order valence-electron chi connectivity index (χ0n) is 9.16. The van der Waals surface area contributed by atoms with Gasteiger partial charge < -0.3 is 5.32 Å². The third-order valence-electron chi connectivity index (χ3n) is 1.99. The summed E-state index contributed by atoms with van der Waals surface area (Å²) in [6.45, 7) is 1.87. The number of hydrogen-bond acceptors (Lipinski definition) is 3. The first-order valence-corrected chi connectivity index (χ1v) is 6.52. The highest BCUT2D eigenvalue weighted by Crippen LogP contribution is 2.14. The van der Waals surface area contributed by atoms with Crippen LogP contribution in [-0.4, -0.2) is 22.3 Å². The van der Waals surface area contributed by atoms with E-state index in [9.17, 15) is 8.60 Å². The van der Waals surface area contributed by atoms with E-state index in [0.29, 0.717) is 11.4 Å². The van der Waals surface area contributed by atoms with Gasteiger partial charge in [0.1, 0.15) is 11.9 Å². The molecule has 1 aromatic rings. The summed E-state index contributed by atoms with van der Waals surface area (Å²) in [5, 5.41) is 11.6. The number of nitrogens with one attached hydrogen (secondary N) is 1. The molecule has 3 nitrogen and oxygen atoms in total. The van der Waals surface area contributed by atoms with Crippen LogP contribution in [0.15, 0.2) is 18.2 Å². The Hall–Kier alpha value is -1.41. The van der Waals surface area contributed by atoms with Crippen molar-refractivity contribution in [2.45, 2.75) is 13.0 Å². The van der Waals surface area contributed by atoms with E-state index in [2.05, 4.69) is 5.32 Å². The van der Waals surface area contributed by atoms with Crippen molar-refractivity contribution in [3.05, 3.63) is 29.6 Å². The number of benzene rings is 1.